The van der Waals surface area contributed by atoms with E-state index < -0.39 is 0 Å². The summed E-state index contributed by atoms with van der Waals surface area (Å²) in [5.41, 5.74) is 3.99. The maximum Gasteiger partial charge on any atom is 0.257 e. The molecule has 0 radical (unpaired) electrons. The molecule has 0 N–H and O–H groups in total. The summed E-state index contributed by atoms with van der Waals surface area (Å²) in [6, 6.07) is 5.71. The van der Waals surface area contributed by atoms with Gasteiger partial charge in [0.05, 0.1) is 11.7 Å². The van der Waals surface area contributed by atoms with Crippen LogP contribution in [0, 0.1) is 25.6 Å². The third kappa shape index (κ3) is 4.12. The number of halogens is 1. The minimum atomic E-state index is -0.318. The molecule has 2 aliphatic heterocycles. The zero-order valence-electron chi connectivity index (χ0n) is 16.9. The highest BCUT2D eigenvalue weighted by molar-refractivity contribution is 5.37. The normalized spacial score (nSPS) is 18.9. The minimum absolute atomic E-state index is 0.0813. The average molecular weight is 385 g/mol. The van der Waals surface area contributed by atoms with Crippen molar-refractivity contribution in [2.75, 3.05) is 26.3 Å². The number of hydrogen-bond acceptors (Lipinski definition) is 5. The van der Waals surface area contributed by atoms with E-state index >= 15 is 0 Å². The minimum Gasteiger partial charge on any atom is -0.484 e. The molecule has 1 saturated heterocycles. The van der Waals surface area contributed by atoms with E-state index in [2.05, 4.69) is 40.8 Å². The van der Waals surface area contributed by atoms with Gasteiger partial charge < -0.3 is 9.47 Å². The summed E-state index contributed by atoms with van der Waals surface area (Å²) in [6.45, 7) is 8.92. The van der Waals surface area contributed by atoms with Crippen molar-refractivity contribution in [2.45, 2.75) is 46.1 Å². The Balaban J connectivity index is 1.39. The summed E-state index contributed by atoms with van der Waals surface area (Å²) in [5.74, 6) is 1.15. The van der Waals surface area contributed by atoms with Crippen LogP contribution in [-0.4, -0.2) is 41.2 Å². The van der Waals surface area contributed by atoms with Crippen LogP contribution in [0.25, 0.3) is 0 Å². The molecule has 0 amide bonds. The second-order valence-corrected chi connectivity index (χ2v) is 7.97. The fraction of sp³-hybridized carbons (Fsp3) is 0.545. The topological polar surface area (TPSA) is 47.5 Å². The Morgan fingerprint density at radius 2 is 1.75 bits per heavy atom. The van der Waals surface area contributed by atoms with Crippen LogP contribution in [0.2, 0.25) is 0 Å². The summed E-state index contributed by atoms with van der Waals surface area (Å²) in [4.78, 5) is 11.2. The number of pyridine rings is 2. The Morgan fingerprint density at radius 1 is 1.07 bits per heavy atom. The third-order valence-electron chi connectivity index (χ3n) is 5.77. The van der Waals surface area contributed by atoms with Crippen molar-refractivity contribution in [1.29, 1.82) is 0 Å². The first-order chi connectivity index (χ1) is 13.5. The average Bonchev–Trinajstić information content (AvgIpc) is 2.67. The van der Waals surface area contributed by atoms with E-state index in [0.29, 0.717) is 36.5 Å². The highest BCUT2D eigenvalue weighted by Crippen LogP contribution is 2.34. The molecule has 28 heavy (non-hydrogen) atoms. The van der Waals surface area contributed by atoms with Crippen molar-refractivity contribution in [1.82, 2.24) is 14.9 Å². The number of ether oxygens (including phenoxy) is 2. The van der Waals surface area contributed by atoms with Gasteiger partial charge in [-0.2, -0.15) is 0 Å². The summed E-state index contributed by atoms with van der Waals surface area (Å²) in [6.07, 6.45) is 3.30. The number of fused-ring (bicyclic) bond motifs is 1. The molecule has 0 aromatic carbocycles. The van der Waals surface area contributed by atoms with Gasteiger partial charge in [0.2, 0.25) is 0 Å². The van der Waals surface area contributed by atoms with Gasteiger partial charge in [-0.25, -0.2) is 9.37 Å². The predicted octanol–water partition coefficient (Wildman–Crippen LogP) is 4.02. The van der Waals surface area contributed by atoms with Gasteiger partial charge >= 0.3 is 0 Å². The molecule has 1 fully saturated rings. The van der Waals surface area contributed by atoms with Crippen molar-refractivity contribution in [2.24, 2.45) is 5.92 Å². The molecule has 0 saturated carbocycles. The number of likely N-dealkylation sites (tertiary alicyclic amines) is 1. The Bertz CT molecular complexity index is 830. The first-order valence-electron chi connectivity index (χ1n) is 10.1. The third-order valence-corrected chi connectivity index (χ3v) is 5.77. The Labute approximate surface area is 165 Å². The standard InChI is InChI=1S/C22H28FN3O2/c1-14-10-18(11-15(2)24-14)12-17-4-6-26(7-5-17)16(3)21-19(23)13-20-22(25-21)28-9-8-27-20/h10-11,13,16-17H,4-9,12H2,1-3H3. The second-order valence-electron chi connectivity index (χ2n) is 7.97. The lowest BCUT2D eigenvalue weighted by atomic mass is 9.89. The number of nitrogens with zero attached hydrogens (tertiary/aromatic N) is 3. The van der Waals surface area contributed by atoms with E-state index in [0.717, 1.165) is 43.7 Å². The zero-order valence-corrected chi connectivity index (χ0v) is 16.9. The molecule has 0 spiro atoms. The number of piperidine rings is 1. The fourth-order valence-corrected chi connectivity index (χ4v) is 4.35. The molecule has 5 nitrogen and oxygen atoms in total. The van der Waals surface area contributed by atoms with Gasteiger partial charge in [-0.15, -0.1) is 0 Å². The van der Waals surface area contributed by atoms with Gasteiger partial charge in [0, 0.05) is 17.5 Å². The molecule has 2 aromatic heterocycles. The SMILES string of the molecule is Cc1cc(CC2CCN(C(C)c3nc4c(cc3F)OCCO4)CC2)cc(C)n1. The Hall–Kier alpha value is -2.21. The molecule has 150 valence electrons. The van der Waals surface area contributed by atoms with Gasteiger partial charge in [0.15, 0.2) is 5.75 Å². The lowest BCUT2D eigenvalue weighted by Gasteiger charge is -2.36. The molecular weight excluding hydrogens is 357 g/mol. The quantitative estimate of drug-likeness (QED) is 0.796. The lowest BCUT2D eigenvalue weighted by molar-refractivity contribution is 0.132. The van der Waals surface area contributed by atoms with Crippen LogP contribution in [0.15, 0.2) is 18.2 Å². The molecule has 2 aliphatic rings. The summed E-state index contributed by atoms with van der Waals surface area (Å²) in [7, 11) is 0. The number of aryl methyl sites for hydroxylation is 2. The molecule has 4 heterocycles. The van der Waals surface area contributed by atoms with Crippen LogP contribution in [0.4, 0.5) is 4.39 Å². The predicted molar refractivity (Wildman–Crippen MR) is 105 cm³/mol. The van der Waals surface area contributed by atoms with Gasteiger partial charge in [-0.3, -0.25) is 9.88 Å². The van der Waals surface area contributed by atoms with E-state index in [9.17, 15) is 4.39 Å². The number of aromatic nitrogens is 2. The summed E-state index contributed by atoms with van der Waals surface area (Å²) in [5, 5.41) is 0. The van der Waals surface area contributed by atoms with Crippen molar-refractivity contribution < 1.29 is 13.9 Å². The first-order valence-corrected chi connectivity index (χ1v) is 10.1. The maximum absolute atomic E-state index is 14.6. The van der Waals surface area contributed by atoms with Gasteiger partial charge in [0.1, 0.15) is 19.0 Å². The maximum atomic E-state index is 14.6. The van der Waals surface area contributed by atoms with Crippen LogP contribution in [0.5, 0.6) is 11.6 Å². The lowest BCUT2D eigenvalue weighted by Crippen LogP contribution is -2.37. The largest absolute Gasteiger partial charge is 0.484 e. The molecule has 6 heteroatoms. The van der Waals surface area contributed by atoms with Crippen LogP contribution in [0.1, 0.15) is 48.5 Å². The summed E-state index contributed by atoms with van der Waals surface area (Å²) < 4.78 is 25.6. The van der Waals surface area contributed by atoms with Gasteiger partial charge in [-0.05, 0) is 76.7 Å². The van der Waals surface area contributed by atoms with E-state index in [1.807, 2.05) is 6.92 Å². The highest BCUT2D eigenvalue weighted by atomic mass is 19.1. The molecular formula is C22H28FN3O2. The van der Waals surface area contributed by atoms with E-state index in [4.69, 9.17) is 9.47 Å². The van der Waals surface area contributed by atoms with Crippen molar-refractivity contribution in [3.05, 3.63) is 46.7 Å². The summed E-state index contributed by atoms with van der Waals surface area (Å²) >= 11 is 0. The van der Waals surface area contributed by atoms with Crippen LogP contribution in [-0.2, 0) is 6.42 Å². The Kier molecular flexibility index (Phi) is 5.49. The van der Waals surface area contributed by atoms with Crippen molar-refractivity contribution in [3.8, 4) is 11.6 Å². The first kappa shape index (κ1) is 19.1. The van der Waals surface area contributed by atoms with E-state index in [1.165, 1.54) is 11.6 Å². The number of hydrogen-bond donors (Lipinski definition) is 0. The van der Waals surface area contributed by atoms with Crippen molar-refractivity contribution in [3.63, 3.8) is 0 Å². The number of rotatable bonds is 4. The molecule has 2 aromatic rings. The van der Waals surface area contributed by atoms with E-state index in [1.54, 1.807) is 0 Å². The molecule has 1 atom stereocenters. The van der Waals surface area contributed by atoms with Gasteiger partial charge in [-0.1, -0.05) is 0 Å². The van der Waals surface area contributed by atoms with Crippen LogP contribution in [0.3, 0.4) is 0 Å². The second kappa shape index (κ2) is 8.03. The molecule has 4 rings (SSSR count). The Morgan fingerprint density at radius 3 is 2.46 bits per heavy atom. The van der Waals surface area contributed by atoms with Crippen molar-refractivity contribution >= 4 is 0 Å². The monoisotopic (exact) mass is 385 g/mol. The zero-order chi connectivity index (χ0) is 19.7. The molecule has 0 aliphatic carbocycles. The highest BCUT2D eigenvalue weighted by Gasteiger charge is 2.28. The molecule has 1 unspecified atom stereocenters. The van der Waals surface area contributed by atoms with Gasteiger partial charge in [0.25, 0.3) is 5.88 Å². The van der Waals surface area contributed by atoms with E-state index in [-0.39, 0.29) is 11.9 Å². The van der Waals surface area contributed by atoms with Crippen LogP contribution >= 0.6 is 0 Å². The molecule has 0 bridgehead atoms. The van der Waals surface area contributed by atoms with Crippen LogP contribution < -0.4 is 9.47 Å². The smallest absolute Gasteiger partial charge is 0.257 e. The fourth-order valence-electron chi connectivity index (χ4n) is 4.35.